The molecule has 0 aliphatic rings. The Morgan fingerprint density at radius 1 is 1.53 bits per heavy atom. The van der Waals surface area contributed by atoms with Crippen molar-refractivity contribution in [3.63, 3.8) is 0 Å². The smallest absolute Gasteiger partial charge is 0.309 e. The summed E-state index contributed by atoms with van der Waals surface area (Å²) >= 11 is 0. The van der Waals surface area contributed by atoms with Crippen LogP contribution < -0.4 is 5.32 Å². The molecule has 0 aromatic carbocycles. The molecule has 1 aromatic rings. The monoisotopic (exact) mass is 236 g/mol. The van der Waals surface area contributed by atoms with E-state index in [-0.39, 0.29) is 17.9 Å². The van der Waals surface area contributed by atoms with Crippen LogP contribution in [0.1, 0.15) is 32.4 Å². The normalized spacial score (nSPS) is 14.1. The molecule has 1 unspecified atom stereocenters. The summed E-state index contributed by atoms with van der Waals surface area (Å²) in [5, 5.41) is 3.30. The molecule has 0 aliphatic heterocycles. The van der Waals surface area contributed by atoms with E-state index in [4.69, 9.17) is 4.74 Å². The topological polar surface area (TPSA) is 51.2 Å². The van der Waals surface area contributed by atoms with Gasteiger partial charge in [-0.3, -0.25) is 9.78 Å². The third-order valence-electron chi connectivity index (χ3n) is 2.60. The zero-order chi connectivity index (χ0) is 12.7. The van der Waals surface area contributed by atoms with Gasteiger partial charge in [-0.2, -0.15) is 0 Å². The van der Waals surface area contributed by atoms with Crippen molar-refractivity contribution in [2.75, 3.05) is 13.2 Å². The molecule has 1 rings (SSSR count). The minimum absolute atomic E-state index is 0.130. The molecule has 17 heavy (non-hydrogen) atoms. The number of aromatic nitrogens is 1. The van der Waals surface area contributed by atoms with E-state index in [0.29, 0.717) is 13.2 Å². The SMILES string of the molecule is CCOC(=O)C(C)CN[C@@H](C)c1cccnc1. The average Bonchev–Trinajstić information content (AvgIpc) is 2.36. The summed E-state index contributed by atoms with van der Waals surface area (Å²) in [6.45, 7) is 6.77. The molecule has 0 bridgehead atoms. The first kappa shape index (κ1) is 13.6. The van der Waals surface area contributed by atoms with E-state index in [0.717, 1.165) is 5.56 Å². The molecule has 4 nitrogen and oxygen atoms in total. The van der Waals surface area contributed by atoms with Gasteiger partial charge in [0.15, 0.2) is 0 Å². The van der Waals surface area contributed by atoms with Gasteiger partial charge in [0.1, 0.15) is 0 Å². The van der Waals surface area contributed by atoms with Gasteiger partial charge >= 0.3 is 5.97 Å². The number of nitrogens with zero attached hydrogens (tertiary/aromatic N) is 1. The first-order chi connectivity index (χ1) is 8.15. The number of pyridine rings is 1. The summed E-state index contributed by atoms with van der Waals surface area (Å²) in [6.07, 6.45) is 3.57. The summed E-state index contributed by atoms with van der Waals surface area (Å²) in [7, 11) is 0. The maximum atomic E-state index is 11.4. The highest BCUT2D eigenvalue weighted by atomic mass is 16.5. The molecule has 1 N–H and O–H groups in total. The van der Waals surface area contributed by atoms with Crippen molar-refractivity contribution in [3.8, 4) is 0 Å². The van der Waals surface area contributed by atoms with Gasteiger partial charge in [0.05, 0.1) is 12.5 Å². The summed E-state index contributed by atoms with van der Waals surface area (Å²) in [5.41, 5.74) is 1.11. The second-order valence-electron chi connectivity index (χ2n) is 4.07. The van der Waals surface area contributed by atoms with Crippen LogP contribution in [0.3, 0.4) is 0 Å². The number of esters is 1. The van der Waals surface area contributed by atoms with E-state index in [9.17, 15) is 4.79 Å². The molecule has 4 heteroatoms. The highest BCUT2D eigenvalue weighted by Crippen LogP contribution is 2.10. The fourth-order valence-electron chi connectivity index (χ4n) is 1.47. The first-order valence-electron chi connectivity index (χ1n) is 5.95. The van der Waals surface area contributed by atoms with Gasteiger partial charge in [-0.15, -0.1) is 0 Å². The Kier molecular flexibility index (Phi) is 5.63. The van der Waals surface area contributed by atoms with Gasteiger partial charge in [0, 0.05) is 25.0 Å². The van der Waals surface area contributed by atoms with Crippen molar-refractivity contribution < 1.29 is 9.53 Å². The molecule has 0 aliphatic carbocycles. The second kappa shape index (κ2) is 7.01. The van der Waals surface area contributed by atoms with Crippen LogP contribution in [0.2, 0.25) is 0 Å². The number of hydrogen-bond donors (Lipinski definition) is 1. The van der Waals surface area contributed by atoms with Crippen molar-refractivity contribution >= 4 is 5.97 Å². The number of carbonyl (C=O) groups is 1. The molecule has 0 amide bonds. The van der Waals surface area contributed by atoms with Crippen molar-refractivity contribution in [1.82, 2.24) is 10.3 Å². The van der Waals surface area contributed by atoms with Gasteiger partial charge < -0.3 is 10.1 Å². The Bertz CT molecular complexity index is 341. The molecule has 1 aromatic heterocycles. The number of nitrogens with one attached hydrogen (secondary N) is 1. The van der Waals surface area contributed by atoms with Crippen LogP contribution in [0, 0.1) is 5.92 Å². The molecular weight excluding hydrogens is 216 g/mol. The largest absolute Gasteiger partial charge is 0.466 e. The van der Waals surface area contributed by atoms with Crippen LogP contribution in [-0.4, -0.2) is 24.1 Å². The summed E-state index contributed by atoms with van der Waals surface area (Å²) < 4.78 is 4.95. The molecular formula is C13H20N2O2. The Hall–Kier alpha value is -1.42. The van der Waals surface area contributed by atoms with Crippen LogP contribution >= 0.6 is 0 Å². The zero-order valence-electron chi connectivity index (χ0n) is 10.6. The summed E-state index contributed by atoms with van der Waals surface area (Å²) in [4.78, 5) is 15.5. The van der Waals surface area contributed by atoms with Crippen LogP contribution in [0.25, 0.3) is 0 Å². The lowest BCUT2D eigenvalue weighted by atomic mass is 10.1. The third kappa shape index (κ3) is 4.53. The van der Waals surface area contributed by atoms with E-state index >= 15 is 0 Å². The fourth-order valence-corrected chi connectivity index (χ4v) is 1.47. The van der Waals surface area contributed by atoms with Crippen molar-refractivity contribution in [1.29, 1.82) is 0 Å². The Morgan fingerprint density at radius 3 is 2.88 bits per heavy atom. The Labute approximate surface area is 102 Å². The molecule has 0 radical (unpaired) electrons. The molecule has 0 fully saturated rings. The Morgan fingerprint density at radius 2 is 2.29 bits per heavy atom. The van der Waals surface area contributed by atoms with Crippen LogP contribution in [0.4, 0.5) is 0 Å². The second-order valence-corrected chi connectivity index (χ2v) is 4.07. The van der Waals surface area contributed by atoms with Crippen LogP contribution in [-0.2, 0) is 9.53 Å². The van der Waals surface area contributed by atoms with E-state index in [1.807, 2.05) is 32.2 Å². The predicted molar refractivity (Wildman–Crippen MR) is 66.5 cm³/mol. The third-order valence-corrected chi connectivity index (χ3v) is 2.60. The standard InChI is InChI=1S/C13H20N2O2/c1-4-17-13(16)10(2)8-15-11(3)12-6-5-7-14-9-12/h5-7,9-11,15H,4,8H2,1-3H3/t10?,11-/m0/s1. The molecule has 0 saturated carbocycles. The minimum atomic E-state index is -0.154. The molecule has 1 heterocycles. The molecule has 94 valence electrons. The van der Waals surface area contributed by atoms with Gasteiger partial charge in [0.25, 0.3) is 0 Å². The molecule has 0 spiro atoms. The predicted octanol–water partition coefficient (Wildman–Crippen LogP) is 1.93. The lowest BCUT2D eigenvalue weighted by Crippen LogP contribution is -2.29. The van der Waals surface area contributed by atoms with E-state index < -0.39 is 0 Å². The Balaban J connectivity index is 2.38. The van der Waals surface area contributed by atoms with Crippen molar-refractivity contribution in [2.45, 2.75) is 26.8 Å². The number of hydrogen-bond acceptors (Lipinski definition) is 4. The maximum absolute atomic E-state index is 11.4. The average molecular weight is 236 g/mol. The van der Waals surface area contributed by atoms with Gasteiger partial charge in [-0.05, 0) is 25.5 Å². The number of rotatable bonds is 6. The van der Waals surface area contributed by atoms with Crippen LogP contribution in [0.5, 0.6) is 0 Å². The van der Waals surface area contributed by atoms with E-state index in [2.05, 4.69) is 17.2 Å². The summed E-state index contributed by atoms with van der Waals surface area (Å²) in [5.74, 6) is -0.285. The number of ether oxygens (including phenoxy) is 1. The lowest BCUT2D eigenvalue weighted by molar-refractivity contribution is -0.147. The molecule has 0 saturated heterocycles. The first-order valence-corrected chi connectivity index (χ1v) is 5.95. The molecule has 2 atom stereocenters. The maximum Gasteiger partial charge on any atom is 0.309 e. The fraction of sp³-hybridized carbons (Fsp3) is 0.538. The van der Waals surface area contributed by atoms with Crippen molar-refractivity contribution in [2.24, 2.45) is 5.92 Å². The zero-order valence-corrected chi connectivity index (χ0v) is 10.6. The van der Waals surface area contributed by atoms with Crippen LogP contribution in [0.15, 0.2) is 24.5 Å². The van der Waals surface area contributed by atoms with Crippen molar-refractivity contribution in [3.05, 3.63) is 30.1 Å². The highest BCUT2D eigenvalue weighted by Gasteiger charge is 2.15. The lowest BCUT2D eigenvalue weighted by Gasteiger charge is -2.16. The summed E-state index contributed by atoms with van der Waals surface area (Å²) in [6, 6.07) is 4.10. The van der Waals surface area contributed by atoms with Gasteiger partial charge in [0.2, 0.25) is 0 Å². The highest BCUT2D eigenvalue weighted by molar-refractivity contribution is 5.72. The van der Waals surface area contributed by atoms with Gasteiger partial charge in [-0.25, -0.2) is 0 Å². The van der Waals surface area contributed by atoms with E-state index in [1.165, 1.54) is 0 Å². The van der Waals surface area contributed by atoms with Gasteiger partial charge in [-0.1, -0.05) is 13.0 Å². The van der Waals surface area contributed by atoms with E-state index in [1.54, 1.807) is 6.20 Å². The quantitative estimate of drug-likeness (QED) is 0.767. The minimum Gasteiger partial charge on any atom is -0.466 e. The number of carbonyl (C=O) groups excluding carboxylic acids is 1.